The van der Waals surface area contributed by atoms with Crippen LogP contribution in [0.25, 0.3) is 11.0 Å². The van der Waals surface area contributed by atoms with Crippen molar-refractivity contribution < 1.29 is 9.53 Å². The van der Waals surface area contributed by atoms with E-state index in [4.69, 9.17) is 22.7 Å². The SMILES string of the molecule is COc1ccc2c(c1)[nH]c(=S)n2C(C(N)=O)C(C)C. The Balaban J connectivity index is 2.69. The molecule has 1 aromatic carbocycles. The number of ether oxygens (including phenoxy) is 1. The maximum absolute atomic E-state index is 11.7. The molecule has 0 saturated carbocycles. The second kappa shape index (κ2) is 5.05. The molecular formula is C13H17N3O2S. The van der Waals surface area contributed by atoms with Crippen molar-refractivity contribution in [3.8, 4) is 5.75 Å². The molecule has 0 aliphatic heterocycles. The summed E-state index contributed by atoms with van der Waals surface area (Å²) in [6.07, 6.45) is 0. The molecule has 5 nitrogen and oxygen atoms in total. The van der Waals surface area contributed by atoms with Gasteiger partial charge in [-0.2, -0.15) is 0 Å². The van der Waals surface area contributed by atoms with E-state index in [1.54, 1.807) is 11.7 Å². The van der Waals surface area contributed by atoms with Crippen LogP contribution in [0.2, 0.25) is 0 Å². The van der Waals surface area contributed by atoms with Gasteiger partial charge in [0.05, 0.1) is 18.1 Å². The van der Waals surface area contributed by atoms with Crippen LogP contribution < -0.4 is 10.5 Å². The van der Waals surface area contributed by atoms with Crippen molar-refractivity contribution in [2.75, 3.05) is 7.11 Å². The van der Waals surface area contributed by atoms with Crippen LogP contribution in [0.3, 0.4) is 0 Å². The minimum absolute atomic E-state index is 0.0605. The Morgan fingerprint density at radius 2 is 2.16 bits per heavy atom. The van der Waals surface area contributed by atoms with E-state index in [9.17, 15) is 4.79 Å². The molecule has 0 aliphatic rings. The molecule has 0 radical (unpaired) electrons. The van der Waals surface area contributed by atoms with E-state index >= 15 is 0 Å². The zero-order valence-electron chi connectivity index (χ0n) is 11.1. The Labute approximate surface area is 116 Å². The highest BCUT2D eigenvalue weighted by atomic mass is 32.1. The van der Waals surface area contributed by atoms with E-state index in [-0.39, 0.29) is 11.8 Å². The fourth-order valence-corrected chi connectivity index (χ4v) is 2.59. The zero-order valence-corrected chi connectivity index (χ0v) is 12.0. The number of primary amides is 1. The number of nitrogens with zero attached hydrogens (tertiary/aromatic N) is 1. The number of nitrogens with two attached hydrogens (primary N) is 1. The van der Waals surface area contributed by atoms with Gasteiger partial charge in [-0.15, -0.1) is 0 Å². The molecule has 0 saturated heterocycles. The summed E-state index contributed by atoms with van der Waals surface area (Å²) in [7, 11) is 1.60. The fourth-order valence-electron chi connectivity index (χ4n) is 2.27. The van der Waals surface area contributed by atoms with Crippen LogP contribution in [0, 0.1) is 10.7 Å². The molecule has 0 spiro atoms. The van der Waals surface area contributed by atoms with Gasteiger partial charge in [0, 0.05) is 6.07 Å². The van der Waals surface area contributed by atoms with Crippen LogP contribution in [0.4, 0.5) is 0 Å². The number of carbonyl (C=O) groups is 1. The van der Waals surface area contributed by atoms with Crippen LogP contribution >= 0.6 is 12.2 Å². The van der Waals surface area contributed by atoms with Gasteiger partial charge in [0.25, 0.3) is 0 Å². The predicted octanol–water partition coefficient (Wildman–Crippen LogP) is 2.39. The van der Waals surface area contributed by atoms with E-state index in [1.165, 1.54) is 0 Å². The van der Waals surface area contributed by atoms with Crippen molar-refractivity contribution in [3.63, 3.8) is 0 Å². The molecule has 0 bridgehead atoms. The van der Waals surface area contributed by atoms with Crippen molar-refractivity contribution in [2.24, 2.45) is 11.7 Å². The highest BCUT2D eigenvalue weighted by Gasteiger charge is 2.24. The molecule has 2 aromatic rings. The van der Waals surface area contributed by atoms with Crippen LogP contribution in [-0.2, 0) is 4.79 Å². The number of H-pyrrole nitrogens is 1. The Morgan fingerprint density at radius 3 is 2.68 bits per heavy atom. The third-order valence-electron chi connectivity index (χ3n) is 3.12. The molecule has 1 amide bonds. The summed E-state index contributed by atoms with van der Waals surface area (Å²) in [5, 5.41) is 0. The monoisotopic (exact) mass is 279 g/mol. The summed E-state index contributed by atoms with van der Waals surface area (Å²) < 4.78 is 7.43. The topological polar surface area (TPSA) is 73.0 Å². The number of aromatic amines is 1. The molecule has 1 unspecified atom stereocenters. The summed E-state index contributed by atoms with van der Waals surface area (Å²) >= 11 is 5.31. The number of nitrogens with one attached hydrogen (secondary N) is 1. The number of imidazole rings is 1. The van der Waals surface area contributed by atoms with E-state index in [1.807, 2.05) is 32.0 Å². The van der Waals surface area contributed by atoms with Crippen molar-refractivity contribution in [1.82, 2.24) is 9.55 Å². The van der Waals surface area contributed by atoms with Gasteiger partial charge in [0.15, 0.2) is 4.77 Å². The lowest BCUT2D eigenvalue weighted by Crippen LogP contribution is -2.30. The fraction of sp³-hybridized carbons (Fsp3) is 0.385. The number of carbonyl (C=O) groups excluding carboxylic acids is 1. The van der Waals surface area contributed by atoms with Gasteiger partial charge < -0.3 is 20.0 Å². The van der Waals surface area contributed by atoms with Gasteiger partial charge in [0.1, 0.15) is 11.8 Å². The standard InChI is InChI=1S/C13H17N3O2S/c1-7(2)11(12(14)17)16-10-5-4-8(18-3)6-9(10)15-13(16)19/h4-7,11H,1-3H3,(H2,14,17)(H,15,19). The molecule has 2 rings (SSSR count). The van der Waals surface area contributed by atoms with Crippen LogP contribution in [0.15, 0.2) is 18.2 Å². The number of methoxy groups -OCH3 is 1. The van der Waals surface area contributed by atoms with Gasteiger partial charge >= 0.3 is 0 Å². The van der Waals surface area contributed by atoms with Gasteiger partial charge in [-0.25, -0.2) is 0 Å². The van der Waals surface area contributed by atoms with E-state index in [2.05, 4.69) is 4.98 Å². The third kappa shape index (κ3) is 2.35. The zero-order chi connectivity index (χ0) is 14.2. The molecule has 102 valence electrons. The first kappa shape index (κ1) is 13.6. The Bertz CT molecular complexity index is 672. The number of fused-ring (bicyclic) bond motifs is 1. The maximum Gasteiger partial charge on any atom is 0.240 e. The highest BCUT2D eigenvalue weighted by Crippen LogP contribution is 2.26. The molecule has 6 heteroatoms. The van der Waals surface area contributed by atoms with Gasteiger partial charge in [0.2, 0.25) is 5.91 Å². The van der Waals surface area contributed by atoms with Crippen molar-refractivity contribution >= 4 is 29.2 Å². The molecule has 3 N–H and O–H groups in total. The van der Waals surface area contributed by atoms with Crippen molar-refractivity contribution in [1.29, 1.82) is 0 Å². The van der Waals surface area contributed by atoms with Gasteiger partial charge in [-0.05, 0) is 30.3 Å². The number of rotatable bonds is 4. The Morgan fingerprint density at radius 1 is 1.47 bits per heavy atom. The molecule has 1 heterocycles. The first-order valence-corrected chi connectivity index (χ1v) is 6.44. The summed E-state index contributed by atoms with van der Waals surface area (Å²) in [5.41, 5.74) is 7.18. The average molecular weight is 279 g/mol. The van der Waals surface area contributed by atoms with Crippen molar-refractivity contribution in [3.05, 3.63) is 23.0 Å². The lowest BCUT2D eigenvalue weighted by molar-refractivity contribution is -0.122. The molecule has 1 atom stereocenters. The highest BCUT2D eigenvalue weighted by molar-refractivity contribution is 7.71. The van der Waals surface area contributed by atoms with Crippen LogP contribution in [0.1, 0.15) is 19.9 Å². The largest absolute Gasteiger partial charge is 0.497 e. The van der Waals surface area contributed by atoms with Gasteiger partial charge in [-0.1, -0.05) is 13.8 Å². The maximum atomic E-state index is 11.7. The summed E-state index contributed by atoms with van der Waals surface area (Å²) in [6.45, 7) is 3.89. The second-order valence-corrected chi connectivity index (χ2v) is 5.16. The number of benzene rings is 1. The first-order chi connectivity index (χ1) is 8.95. The Hall–Kier alpha value is -1.82. The molecule has 19 heavy (non-hydrogen) atoms. The predicted molar refractivity (Wildman–Crippen MR) is 76.7 cm³/mol. The normalized spacial score (nSPS) is 12.8. The van der Waals surface area contributed by atoms with Crippen molar-refractivity contribution in [2.45, 2.75) is 19.9 Å². The summed E-state index contributed by atoms with van der Waals surface area (Å²) in [5.74, 6) is 0.407. The van der Waals surface area contributed by atoms with E-state index in [0.717, 1.165) is 16.8 Å². The van der Waals surface area contributed by atoms with Crippen LogP contribution in [-0.4, -0.2) is 22.6 Å². The minimum atomic E-state index is -0.463. The molecule has 0 aliphatic carbocycles. The van der Waals surface area contributed by atoms with Gasteiger partial charge in [-0.3, -0.25) is 4.79 Å². The minimum Gasteiger partial charge on any atom is -0.497 e. The van der Waals surface area contributed by atoms with E-state index < -0.39 is 6.04 Å². The molecular weight excluding hydrogens is 262 g/mol. The number of aromatic nitrogens is 2. The van der Waals surface area contributed by atoms with Crippen LogP contribution in [0.5, 0.6) is 5.75 Å². The lowest BCUT2D eigenvalue weighted by atomic mass is 10.0. The number of hydrogen-bond donors (Lipinski definition) is 2. The quantitative estimate of drug-likeness (QED) is 0.844. The lowest BCUT2D eigenvalue weighted by Gasteiger charge is -2.19. The third-order valence-corrected chi connectivity index (χ3v) is 3.42. The summed E-state index contributed by atoms with van der Waals surface area (Å²) in [6, 6.07) is 5.09. The number of hydrogen-bond acceptors (Lipinski definition) is 3. The number of amides is 1. The second-order valence-electron chi connectivity index (χ2n) is 4.77. The van der Waals surface area contributed by atoms with E-state index in [0.29, 0.717) is 4.77 Å². The summed E-state index contributed by atoms with van der Waals surface area (Å²) in [4.78, 5) is 14.8. The Kier molecular flexibility index (Phi) is 3.61. The smallest absolute Gasteiger partial charge is 0.240 e. The molecule has 1 aromatic heterocycles. The average Bonchev–Trinajstić information content (AvgIpc) is 2.64. The molecule has 0 fully saturated rings. The first-order valence-electron chi connectivity index (χ1n) is 6.03.